The fraction of sp³-hybridized carbons (Fsp3) is 0.0714. The van der Waals surface area contributed by atoms with Crippen LogP contribution in [0.4, 0.5) is 0 Å². The summed E-state index contributed by atoms with van der Waals surface area (Å²) in [5.41, 5.74) is 23.8. The predicted molar refractivity (Wildman–Crippen MR) is 376 cm³/mol. The zero-order chi connectivity index (χ0) is 61.8. The topological polar surface area (TPSA) is 88.0 Å². The quantitative estimate of drug-likeness (QED) is 0.128. The van der Waals surface area contributed by atoms with Crippen molar-refractivity contribution in [3.05, 3.63) is 317 Å². The molecule has 2 aliphatic carbocycles. The molecule has 2 N–H and O–H groups in total. The summed E-state index contributed by atoms with van der Waals surface area (Å²) >= 11 is 6.00. The van der Waals surface area contributed by atoms with Gasteiger partial charge < -0.3 is 10.0 Å². The summed E-state index contributed by atoms with van der Waals surface area (Å²) in [6.07, 6.45) is 0. The van der Waals surface area contributed by atoms with Crippen LogP contribution in [0.15, 0.2) is 279 Å². The van der Waals surface area contributed by atoms with Crippen LogP contribution in [0.25, 0.3) is 121 Å². The van der Waals surface area contributed by atoms with Crippen molar-refractivity contribution >= 4 is 67.3 Å². The summed E-state index contributed by atoms with van der Waals surface area (Å²) < 4.78 is 0. The lowest BCUT2D eigenvalue weighted by molar-refractivity contribution is 0.426. The van der Waals surface area contributed by atoms with E-state index in [0.29, 0.717) is 16.6 Å². The minimum Gasteiger partial charge on any atom is -0.423 e. The van der Waals surface area contributed by atoms with Crippen molar-refractivity contribution in [3.8, 4) is 90.0 Å². The Morgan fingerprint density at radius 1 is 0.300 bits per heavy atom. The molecule has 0 amide bonds. The summed E-state index contributed by atoms with van der Waals surface area (Å²) in [7, 11) is -1.50. The lowest BCUT2D eigenvalue weighted by atomic mass is 9.72. The van der Waals surface area contributed by atoms with Gasteiger partial charge in [0.05, 0.1) is 23.3 Å². The lowest BCUT2D eigenvalue weighted by Crippen LogP contribution is -2.31. The highest BCUT2D eigenvalue weighted by molar-refractivity contribution is 6.66. The van der Waals surface area contributed by atoms with Gasteiger partial charge in [-0.2, -0.15) is 10.5 Å². The first kappa shape index (κ1) is 57.1. The van der Waals surface area contributed by atoms with Gasteiger partial charge in [-0.05, 0) is 197 Å². The first-order valence-electron chi connectivity index (χ1n) is 30.4. The first-order valence-corrected chi connectivity index (χ1v) is 30.8. The average Bonchev–Trinajstić information content (AvgIpc) is 1.37. The molecule has 0 aromatic heterocycles. The number of nitriles is 2. The van der Waals surface area contributed by atoms with E-state index in [-0.39, 0.29) is 10.8 Å². The number of hydrogen-bond acceptors (Lipinski definition) is 4. The standard InChI is InChI=1S/C42H29N.C22H16ClN.C20H15BO2/c1-42(2)38-24-27(26-43)16-22-32(38)33-23-21-31(25-39(33)42)28-17-19-30(20-18-28)41-36-14-8-6-12-34(36)40(29-10-4-3-5-11-29)35-13-7-9-15-37(35)41;1-22(2)20-11-14(13-24)3-9-18(20)19-10-6-16(12-21(19)22)15-4-7-17(23)8-5-15;22-21(23)20-17-12-6-4-10-15(17)19(14-8-2-1-3-9-14)16-11-5-7-13-18(16)20/h3-25H,1-2H3;3-12H,1-2H3;1-13,22-23H. The molecule has 428 valence electrons. The van der Waals surface area contributed by atoms with Gasteiger partial charge in [0, 0.05) is 15.9 Å². The van der Waals surface area contributed by atoms with E-state index in [1.54, 1.807) is 0 Å². The second kappa shape index (κ2) is 23.1. The maximum atomic E-state index is 9.94. The Bertz CT molecular complexity index is 5120. The molecule has 0 unspecified atom stereocenters. The van der Waals surface area contributed by atoms with Gasteiger partial charge in [-0.3, -0.25) is 0 Å². The number of rotatable bonds is 6. The van der Waals surface area contributed by atoms with Crippen LogP contribution < -0.4 is 5.46 Å². The summed E-state index contributed by atoms with van der Waals surface area (Å²) in [6.45, 7) is 8.98. The zero-order valence-corrected chi connectivity index (χ0v) is 51.1. The monoisotopic (exact) mass is 1170 g/mol. The normalized spacial score (nSPS) is 12.8. The smallest absolute Gasteiger partial charge is 0.423 e. The van der Waals surface area contributed by atoms with E-state index in [1.165, 1.54) is 105 Å². The molecule has 0 aliphatic heterocycles. The third-order valence-corrected chi connectivity index (χ3v) is 18.8. The van der Waals surface area contributed by atoms with E-state index in [2.05, 4.69) is 210 Å². The minimum atomic E-state index is -1.50. The van der Waals surface area contributed by atoms with Gasteiger partial charge in [0.1, 0.15) is 0 Å². The molecule has 2 aliphatic rings. The molecule has 0 saturated heterocycles. The van der Waals surface area contributed by atoms with Crippen LogP contribution in [0.5, 0.6) is 0 Å². The maximum absolute atomic E-state index is 9.94. The number of fused-ring (bicyclic) bond motifs is 10. The maximum Gasteiger partial charge on any atom is 0.489 e. The third kappa shape index (κ3) is 9.91. The van der Waals surface area contributed by atoms with Crippen molar-refractivity contribution in [2.75, 3.05) is 0 Å². The van der Waals surface area contributed by atoms with Crippen molar-refractivity contribution in [1.29, 1.82) is 10.5 Å². The largest absolute Gasteiger partial charge is 0.489 e. The molecule has 0 fully saturated rings. The summed E-state index contributed by atoms with van der Waals surface area (Å²) in [4.78, 5) is 0. The highest BCUT2D eigenvalue weighted by Crippen LogP contribution is 2.52. The van der Waals surface area contributed by atoms with Crippen LogP contribution in [0.2, 0.25) is 5.02 Å². The van der Waals surface area contributed by atoms with E-state index >= 15 is 0 Å². The van der Waals surface area contributed by atoms with E-state index in [4.69, 9.17) is 11.6 Å². The molecule has 6 heteroatoms. The number of hydrogen-bond donors (Lipinski definition) is 2. The second-order valence-corrected chi connectivity index (χ2v) is 24.9. The minimum absolute atomic E-state index is 0.111. The highest BCUT2D eigenvalue weighted by atomic mass is 35.5. The van der Waals surface area contributed by atoms with Crippen LogP contribution in [0, 0.1) is 22.7 Å². The highest BCUT2D eigenvalue weighted by Gasteiger charge is 2.37. The van der Waals surface area contributed by atoms with Crippen LogP contribution in [0.3, 0.4) is 0 Å². The van der Waals surface area contributed by atoms with Gasteiger partial charge >= 0.3 is 7.12 Å². The van der Waals surface area contributed by atoms with E-state index < -0.39 is 7.12 Å². The van der Waals surface area contributed by atoms with E-state index in [1.807, 2.05) is 109 Å². The van der Waals surface area contributed by atoms with Crippen LogP contribution in [-0.2, 0) is 10.8 Å². The van der Waals surface area contributed by atoms with Gasteiger partial charge in [0.2, 0.25) is 0 Å². The first-order chi connectivity index (χ1) is 43.8. The molecular formula is C84H60BClN2O2. The Labute approximate surface area is 530 Å². The zero-order valence-electron chi connectivity index (χ0n) is 50.3. The Morgan fingerprint density at radius 2 is 0.567 bits per heavy atom. The molecule has 14 aromatic rings. The number of nitrogens with zero attached hydrogens (tertiary/aromatic N) is 2. The molecule has 4 nitrogen and oxygen atoms in total. The SMILES string of the molecule is CC1(C)c2cc(C#N)ccc2-c2ccc(-c3ccc(-c4c5ccccc5c(-c5ccccc5)c5ccccc45)cc3)cc21.CC1(C)c2cc(C#N)ccc2-c2ccc(-c3ccc(Cl)cc3)cc21.OB(O)c1c2ccccc2c(-c2ccccc2)c2ccccc12. The van der Waals surface area contributed by atoms with Crippen LogP contribution in [0.1, 0.15) is 61.1 Å². The van der Waals surface area contributed by atoms with Gasteiger partial charge in [-0.25, -0.2) is 0 Å². The van der Waals surface area contributed by atoms with Crippen LogP contribution in [-0.4, -0.2) is 17.2 Å². The fourth-order valence-electron chi connectivity index (χ4n) is 14.2. The van der Waals surface area contributed by atoms with Crippen molar-refractivity contribution in [2.24, 2.45) is 0 Å². The van der Waals surface area contributed by atoms with Gasteiger partial charge in [0.15, 0.2) is 0 Å². The summed E-state index contributed by atoms with van der Waals surface area (Å²) in [6, 6.07) is 101. The molecule has 0 radical (unpaired) electrons. The van der Waals surface area contributed by atoms with Crippen LogP contribution >= 0.6 is 11.6 Å². The Balaban J connectivity index is 0.000000128. The van der Waals surface area contributed by atoms with E-state index in [0.717, 1.165) is 43.3 Å². The third-order valence-electron chi connectivity index (χ3n) is 18.6. The molecule has 14 aromatic carbocycles. The average molecular weight is 1180 g/mol. The van der Waals surface area contributed by atoms with Crippen molar-refractivity contribution in [2.45, 2.75) is 38.5 Å². The van der Waals surface area contributed by atoms with Crippen molar-refractivity contribution < 1.29 is 10.0 Å². The van der Waals surface area contributed by atoms with Crippen molar-refractivity contribution in [3.63, 3.8) is 0 Å². The molecule has 0 bridgehead atoms. The molecule has 0 heterocycles. The van der Waals surface area contributed by atoms with E-state index in [9.17, 15) is 20.6 Å². The second-order valence-electron chi connectivity index (χ2n) is 24.4. The Kier molecular flexibility index (Phi) is 14.7. The van der Waals surface area contributed by atoms with Gasteiger partial charge in [-0.1, -0.05) is 270 Å². The predicted octanol–water partition coefficient (Wildman–Crippen LogP) is 20.7. The molecule has 90 heavy (non-hydrogen) atoms. The molecular weight excluding hydrogens is 1120 g/mol. The van der Waals surface area contributed by atoms with Gasteiger partial charge in [0.25, 0.3) is 0 Å². The Morgan fingerprint density at radius 3 is 0.911 bits per heavy atom. The summed E-state index contributed by atoms with van der Waals surface area (Å²) in [5.74, 6) is 0. The van der Waals surface area contributed by atoms with Gasteiger partial charge in [-0.15, -0.1) is 0 Å². The Hall–Kier alpha value is -10.6. The van der Waals surface area contributed by atoms with Crippen molar-refractivity contribution in [1.82, 2.24) is 0 Å². The molecule has 0 atom stereocenters. The fourth-order valence-corrected chi connectivity index (χ4v) is 14.3. The molecule has 0 saturated carbocycles. The number of benzene rings is 14. The summed E-state index contributed by atoms with van der Waals surface area (Å²) in [5, 5.41) is 48.2. The molecule has 0 spiro atoms. The lowest BCUT2D eigenvalue weighted by Gasteiger charge is -2.22. The molecule has 16 rings (SSSR count). The number of halogens is 1.